The Morgan fingerprint density at radius 1 is 1.13 bits per heavy atom. The lowest BCUT2D eigenvalue weighted by Crippen LogP contribution is -2.27. The first-order valence-corrected chi connectivity index (χ1v) is 10.0. The quantitative estimate of drug-likeness (QED) is 0.447. The van der Waals surface area contributed by atoms with Gasteiger partial charge in [-0.25, -0.2) is 14.6 Å². The van der Waals surface area contributed by atoms with Crippen LogP contribution in [0.1, 0.15) is 28.9 Å². The smallest absolute Gasteiger partial charge is 0.257 e. The summed E-state index contributed by atoms with van der Waals surface area (Å²) >= 11 is 3.41. The monoisotopic (exact) mass is 463 g/mol. The Balaban J connectivity index is 1.48. The summed E-state index contributed by atoms with van der Waals surface area (Å²) in [5, 5.41) is 7.11. The van der Waals surface area contributed by atoms with Crippen molar-refractivity contribution >= 4 is 21.8 Å². The predicted molar refractivity (Wildman–Crippen MR) is 116 cm³/mol. The van der Waals surface area contributed by atoms with Crippen molar-refractivity contribution in [2.45, 2.75) is 13.0 Å². The standard InChI is InChI=1S/C22H18BrN5O2/c1-15(16-7-9-18(10-8-16)28-14-24-13-26-28)27-21(29)20-6-3-11-25-22(20)30-19-5-2-4-17(23)12-19/h2-15H,1H3,(H,27,29). The number of nitrogens with zero attached hydrogens (tertiary/aromatic N) is 4. The van der Waals surface area contributed by atoms with E-state index < -0.39 is 0 Å². The molecule has 2 aromatic carbocycles. The predicted octanol–water partition coefficient (Wildman–Crippen LogP) is 4.71. The average molecular weight is 464 g/mol. The zero-order valence-electron chi connectivity index (χ0n) is 16.1. The van der Waals surface area contributed by atoms with Gasteiger partial charge in [-0.1, -0.05) is 34.1 Å². The fourth-order valence-corrected chi connectivity index (χ4v) is 3.28. The van der Waals surface area contributed by atoms with Crippen molar-refractivity contribution in [1.82, 2.24) is 25.1 Å². The summed E-state index contributed by atoms with van der Waals surface area (Å²) in [6.45, 7) is 1.92. The summed E-state index contributed by atoms with van der Waals surface area (Å²) in [6, 6.07) is 18.3. The van der Waals surface area contributed by atoms with E-state index in [0.717, 1.165) is 15.7 Å². The van der Waals surface area contributed by atoms with Crippen molar-refractivity contribution in [1.29, 1.82) is 0 Å². The van der Waals surface area contributed by atoms with E-state index in [9.17, 15) is 4.79 Å². The van der Waals surface area contributed by atoms with Crippen molar-refractivity contribution in [2.24, 2.45) is 0 Å². The molecule has 7 nitrogen and oxygen atoms in total. The molecule has 8 heteroatoms. The van der Waals surface area contributed by atoms with E-state index in [1.807, 2.05) is 49.4 Å². The number of hydrogen-bond donors (Lipinski definition) is 1. The molecule has 1 amide bonds. The van der Waals surface area contributed by atoms with Crippen molar-refractivity contribution in [3.63, 3.8) is 0 Å². The van der Waals surface area contributed by atoms with Gasteiger partial charge in [-0.15, -0.1) is 0 Å². The van der Waals surface area contributed by atoms with Crippen LogP contribution in [0.2, 0.25) is 0 Å². The first-order chi connectivity index (χ1) is 14.6. The minimum absolute atomic E-state index is 0.207. The summed E-state index contributed by atoms with van der Waals surface area (Å²) in [4.78, 5) is 21.1. The highest BCUT2D eigenvalue weighted by atomic mass is 79.9. The van der Waals surface area contributed by atoms with Crippen LogP contribution in [0.15, 0.2) is 84.0 Å². The van der Waals surface area contributed by atoms with E-state index in [0.29, 0.717) is 11.3 Å². The van der Waals surface area contributed by atoms with E-state index in [4.69, 9.17) is 4.74 Å². The van der Waals surface area contributed by atoms with Crippen molar-refractivity contribution in [3.05, 3.63) is 95.1 Å². The van der Waals surface area contributed by atoms with E-state index in [1.165, 1.54) is 6.33 Å². The van der Waals surface area contributed by atoms with Crippen LogP contribution in [0.4, 0.5) is 0 Å². The molecule has 0 spiro atoms. The number of aromatic nitrogens is 4. The number of carbonyl (C=O) groups excluding carboxylic acids is 1. The van der Waals surface area contributed by atoms with Crippen LogP contribution in [0.5, 0.6) is 11.6 Å². The highest BCUT2D eigenvalue weighted by molar-refractivity contribution is 9.10. The second-order valence-corrected chi connectivity index (χ2v) is 7.46. The van der Waals surface area contributed by atoms with Crippen LogP contribution in [0.25, 0.3) is 5.69 Å². The van der Waals surface area contributed by atoms with Crippen molar-refractivity contribution < 1.29 is 9.53 Å². The topological polar surface area (TPSA) is 81.9 Å². The summed E-state index contributed by atoms with van der Waals surface area (Å²) in [7, 11) is 0. The molecule has 2 heterocycles. The summed E-state index contributed by atoms with van der Waals surface area (Å²) < 4.78 is 8.39. The van der Waals surface area contributed by atoms with Gasteiger partial charge in [-0.05, 0) is 55.0 Å². The maximum Gasteiger partial charge on any atom is 0.257 e. The third kappa shape index (κ3) is 4.55. The van der Waals surface area contributed by atoms with Gasteiger partial charge in [-0.3, -0.25) is 4.79 Å². The summed E-state index contributed by atoms with van der Waals surface area (Å²) in [5.74, 6) is 0.580. The molecule has 2 aromatic heterocycles. The molecule has 0 aliphatic carbocycles. The van der Waals surface area contributed by atoms with Gasteiger partial charge in [0.2, 0.25) is 5.88 Å². The summed E-state index contributed by atoms with van der Waals surface area (Å²) in [6.07, 6.45) is 4.71. The molecule has 0 saturated carbocycles. The maximum atomic E-state index is 12.9. The molecule has 0 radical (unpaired) electrons. The molecule has 1 N–H and O–H groups in total. The highest BCUT2D eigenvalue weighted by Crippen LogP contribution is 2.26. The highest BCUT2D eigenvalue weighted by Gasteiger charge is 2.17. The maximum absolute atomic E-state index is 12.9. The van der Waals surface area contributed by atoms with Gasteiger partial charge in [0.25, 0.3) is 5.91 Å². The second kappa shape index (κ2) is 8.87. The van der Waals surface area contributed by atoms with Crippen LogP contribution in [-0.4, -0.2) is 25.7 Å². The van der Waals surface area contributed by atoms with E-state index in [-0.39, 0.29) is 17.8 Å². The molecule has 4 aromatic rings. The Labute approximate surface area is 181 Å². The lowest BCUT2D eigenvalue weighted by molar-refractivity contribution is 0.0937. The molecule has 1 atom stereocenters. The van der Waals surface area contributed by atoms with Gasteiger partial charge < -0.3 is 10.1 Å². The number of carbonyl (C=O) groups is 1. The van der Waals surface area contributed by atoms with Gasteiger partial charge in [0.1, 0.15) is 24.0 Å². The number of halogens is 1. The Kier molecular flexibility index (Phi) is 5.85. The van der Waals surface area contributed by atoms with Gasteiger partial charge in [-0.2, -0.15) is 5.10 Å². The normalized spacial score (nSPS) is 11.7. The van der Waals surface area contributed by atoms with Crippen molar-refractivity contribution in [2.75, 3.05) is 0 Å². The molecule has 1 unspecified atom stereocenters. The summed E-state index contributed by atoms with van der Waals surface area (Å²) in [5.41, 5.74) is 2.22. The largest absolute Gasteiger partial charge is 0.438 e. The zero-order chi connectivity index (χ0) is 20.9. The Morgan fingerprint density at radius 2 is 1.97 bits per heavy atom. The van der Waals surface area contributed by atoms with Crippen LogP contribution in [-0.2, 0) is 0 Å². The van der Waals surface area contributed by atoms with Gasteiger partial charge >= 0.3 is 0 Å². The minimum Gasteiger partial charge on any atom is -0.438 e. The van der Waals surface area contributed by atoms with E-state index >= 15 is 0 Å². The number of amides is 1. The van der Waals surface area contributed by atoms with Crippen molar-refractivity contribution in [3.8, 4) is 17.3 Å². The molecular weight excluding hydrogens is 446 g/mol. The third-order valence-corrected chi connectivity index (χ3v) is 4.94. The molecule has 0 bridgehead atoms. The number of ether oxygens (including phenoxy) is 1. The number of pyridine rings is 1. The number of hydrogen-bond acceptors (Lipinski definition) is 5. The molecule has 0 aliphatic heterocycles. The van der Waals surface area contributed by atoms with Gasteiger partial charge in [0.15, 0.2) is 0 Å². The molecular formula is C22H18BrN5O2. The Bertz CT molecular complexity index is 1150. The van der Waals surface area contributed by atoms with E-state index in [1.54, 1.807) is 35.4 Å². The van der Waals surface area contributed by atoms with Crippen LogP contribution < -0.4 is 10.1 Å². The van der Waals surface area contributed by atoms with E-state index in [2.05, 4.69) is 36.3 Å². The number of benzene rings is 2. The van der Waals surface area contributed by atoms with Crippen LogP contribution >= 0.6 is 15.9 Å². The van der Waals surface area contributed by atoms with Crippen LogP contribution in [0.3, 0.4) is 0 Å². The molecule has 150 valence electrons. The lowest BCUT2D eigenvalue weighted by Gasteiger charge is -2.16. The Hall–Kier alpha value is -3.52. The second-order valence-electron chi connectivity index (χ2n) is 6.54. The SMILES string of the molecule is CC(NC(=O)c1cccnc1Oc1cccc(Br)c1)c1ccc(-n2cncn2)cc1. The zero-order valence-corrected chi connectivity index (χ0v) is 17.7. The molecule has 0 aliphatic rings. The fraction of sp³-hybridized carbons (Fsp3) is 0.0909. The van der Waals surface area contributed by atoms with Gasteiger partial charge in [0.05, 0.1) is 11.7 Å². The molecule has 0 fully saturated rings. The lowest BCUT2D eigenvalue weighted by atomic mass is 10.1. The Morgan fingerprint density at radius 3 is 2.70 bits per heavy atom. The third-order valence-electron chi connectivity index (χ3n) is 4.45. The van der Waals surface area contributed by atoms with Gasteiger partial charge in [0, 0.05) is 10.7 Å². The minimum atomic E-state index is -0.263. The number of rotatable bonds is 6. The molecule has 4 rings (SSSR count). The fourth-order valence-electron chi connectivity index (χ4n) is 2.90. The molecule has 30 heavy (non-hydrogen) atoms. The average Bonchev–Trinajstić information content (AvgIpc) is 3.29. The first-order valence-electron chi connectivity index (χ1n) is 9.24. The number of nitrogens with one attached hydrogen (secondary N) is 1. The molecule has 0 saturated heterocycles. The first kappa shape index (κ1) is 19.8. The van der Waals surface area contributed by atoms with Crippen LogP contribution in [0, 0.1) is 0 Å².